The summed E-state index contributed by atoms with van der Waals surface area (Å²) < 4.78 is 1.20. The highest BCUT2D eigenvalue weighted by molar-refractivity contribution is 7.17. The van der Waals surface area contributed by atoms with Crippen molar-refractivity contribution in [2.45, 2.75) is 44.6 Å². The molecule has 6 nitrogen and oxygen atoms in total. The lowest BCUT2D eigenvalue weighted by molar-refractivity contribution is -0.136. The highest BCUT2D eigenvalue weighted by atomic mass is 32.1. The van der Waals surface area contributed by atoms with Gasteiger partial charge in [-0.15, -0.1) is 11.3 Å². The van der Waals surface area contributed by atoms with Crippen molar-refractivity contribution in [3.05, 3.63) is 17.8 Å². The number of hydrogen-bond donors (Lipinski definition) is 0. The van der Waals surface area contributed by atoms with E-state index in [1.165, 1.54) is 17.5 Å². The topological polar surface area (TPSA) is 52.6 Å². The van der Waals surface area contributed by atoms with E-state index in [4.69, 9.17) is 0 Å². The van der Waals surface area contributed by atoms with E-state index >= 15 is 0 Å². The first-order valence-corrected chi connectivity index (χ1v) is 11.6. The van der Waals surface area contributed by atoms with Crippen LogP contribution in [0.15, 0.2) is 17.8 Å². The molecule has 1 amide bonds. The van der Waals surface area contributed by atoms with Crippen LogP contribution in [0.5, 0.6) is 0 Å². The summed E-state index contributed by atoms with van der Waals surface area (Å²) in [5.41, 5.74) is 1.05. The van der Waals surface area contributed by atoms with Gasteiger partial charge in [-0.25, -0.2) is 9.97 Å². The number of carbonyl (C=O) groups is 1. The number of hydrogen-bond acceptors (Lipinski definition) is 6. The molecule has 1 atom stereocenters. The number of rotatable bonds is 3. The number of fused-ring (bicyclic) bond motifs is 1. The second-order valence-electron chi connectivity index (χ2n) is 8.42. The van der Waals surface area contributed by atoms with Gasteiger partial charge < -0.3 is 9.80 Å². The first-order chi connectivity index (χ1) is 13.8. The zero-order valence-electron chi connectivity index (χ0n) is 16.4. The van der Waals surface area contributed by atoms with E-state index in [9.17, 15) is 4.79 Å². The smallest absolute Gasteiger partial charge is 0.226 e. The highest BCUT2D eigenvalue weighted by Gasteiger charge is 2.34. The van der Waals surface area contributed by atoms with Crippen LogP contribution in [-0.4, -0.2) is 71.0 Å². The van der Waals surface area contributed by atoms with E-state index < -0.39 is 0 Å². The molecule has 3 aliphatic rings. The SMILES string of the molecule is O=C([C@@H]1CCCN(C2CCN(c3ncnc4ccsc34)CC2)C1)N1CCCC1. The van der Waals surface area contributed by atoms with Crippen LogP contribution in [-0.2, 0) is 4.79 Å². The molecule has 0 saturated carbocycles. The fraction of sp³-hybridized carbons (Fsp3) is 0.667. The maximum atomic E-state index is 12.8. The molecular weight excluding hydrogens is 370 g/mol. The summed E-state index contributed by atoms with van der Waals surface area (Å²) in [7, 11) is 0. The van der Waals surface area contributed by atoms with Crippen LogP contribution < -0.4 is 4.90 Å². The lowest BCUT2D eigenvalue weighted by atomic mass is 9.93. The largest absolute Gasteiger partial charge is 0.355 e. The molecule has 3 aliphatic heterocycles. The molecule has 150 valence electrons. The standard InChI is InChI=1S/C21H29N5OS/c27-21(25-8-1-2-9-25)16-4-3-10-26(14-16)17-5-11-24(12-6-17)20-19-18(7-13-28-19)22-15-23-20/h7,13,15-17H,1-6,8-12,14H2/t16-/m1/s1. The lowest BCUT2D eigenvalue weighted by Crippen LogP contribution is -2.51. The number of aromatic nitrogens is 2. The number of anilines is 1. The minimum atomic E-state index is 0.220. The van der Waals surface area contributed by atoms with Crippen LogP contribution in [0.4, 0.5) is 5.82 Å². The van der Waals surface area contributed by atoms with Gasteiger partial charge in [0, 0.05) is 38.8 Å². The van der Waals surface area contributed by atoms with Crippen molar-refractivity contribution < 1.29 is 4.79 Å². The molecule has 2 aromatic heterocycles. The fourth-order valence-electron chi connectivity index (χ4n) is 5.18. The maximum Gasteiger partial charge on any atom is 0.226 e. The summed E-state index contributed by atoms with van der Waals surface area (Å²) in [6.07, 6.45) is 8.59. The molecule has 0 spiro atoms. The third-order valence-electron chi connectivity index (χ3n) is 6.72. The van der Waals surface area contributed by atoms with E-state index in [0.717, 1.165) is 76.3 Å². The van der Waals surface area contributed by atoms with Gasteiger partial charge in [-0.1, -0.05) is 0 Å². The summed E-state index contributed by atoms with van der Waals surface area (Å²) >= 11 is 1.73. The predicted molar refractivity (Wildman–Crippen MR) is 113 cm³/mol. The van der Waals surface area contributed by atoms with Crippen LogP contribution in [0.1, 0.15) is 38.5 Å². The molecule has 0 aliphatic carbocycles. The van der Waals surface area contributed by atoms with Gasteiger partial charge in [0.1, 0.15) is 12.1 Å². The molecule has 2 aromatic rings. The summed E-state index contributed by atoms with van der Waals surface area (Å²) in [5, 5.41) is 2.10. The normalized spacial score (nSPS) is 24.9. The lowest BCUT2D eigenvalue weighted by Gasteiger charge is -2.42. The van der Waals surface area contributed by atoms with E-state index in [1.54, 1.807) is 17.7 Å². The van der Waals surface area contributed by atoms with Gasteiger partial charge in [-0.05, 0) is 56.5 Å². The summed E-state index contributed by atoms with van der Waals surface area (Å²) in [4.78, 5) is 28.9. The highest BCUT2D eigenvalue weighted by Crippen LogP contribution is 2.31. The van der Waals surface area contributed by atoms with Crippen molar-refractivity contribution in [3.63, 3.8) is 0 Å². The Hall–Kier alpha value is -1.73. The Morgan fingerprint density at radius 3 is 2.64 bits per heavy atom. The number of amides is 1. The number of nitrogens with zero attached hydrogens (tertiary/aromatic N) is 5. The Morgan fingerprint density at radius 2 is 1.82 bits per heavy atom. The maximum absolute atomic E-state index is 12.8. The van der Waals surface area contributed by atoms with Gasteiger partial charge in [0.05, 0.1) is 16.1 Å². The van der Waals surface area contributed by atoms with Gasteiger partial charge in [0.2, 0.25) is 5.91 Å². The second-order valence-corrected chi connectivity index (χ2v) is 9.33. The van der Waals surface area contributed by atoms with Gasteiger partial charge >= 0.3 is 0 Å². The molecule has 28 heavy (non-hydrogen) atoms. The number of thiophene rings is 1. The molecule has 0 unspecified atom stereocenters. The molecule has 5 heterocycles. The van der Waals surface area contributed by atoms with Crippen molar-refractivity contribution in [2.75, 3.05) is 44.2 Å². The van der Waals surface area contributed by atoms with Gasteiger partial charge in [-0.2, -0.15) is 0 Å². The second kappa shape index (κ2) is 7.95. The first-order valence-electron chi connectivity index (χ1n) is 10.8. The zero-order valence-corrected chi connectivity index (χ0v) is 17.2. The van der Waals surface area contributed by atoms with Crippen LogP contribution in [0.25, 0.3) is 10.2 Å². The van der Waals surface area contributed by atoms with E-state index in [2.05, 4.69) is 36.1 Å². The summed E-state index contributed by atoms with van der Waals surface area (Å²) in [6.45, 7) is 6.14. The van der Waals surface area contributed by atoms with Gasteiger partial charge in [-0.3, -0.25) is 9.69 Å². The molecule has 0 bridgehead atoms. The average molecular weight is 400 g/mol. The minimum absolute atomic E-state index is 0.220. The van der Waals surface area contributed by atoms with E-state index in [1.807, 2.05) is 0 Å². The molecule has 3 fully saturated rings. The molecular formula is C21H29N5OS. The Morgan fingerprint density at radius 1 is 1.00 bits per heavy atom. The van der Waals surface area contributed by atoms with Crippen LogP contribution in [0.2, 0.25) is 0 Å². The zero-order chi connectivity index (χ0) is 18.9. The Balaban J connectivity index is 1.20. The Labute approximate surface area is 170 Å². The average Bonchev–Trinajstić information content (AvgIpc) is 3.45. The van der Waals surface area contributed by atoms with Crippen molar-refractivity contribution in [2.24, 2.45) is 5.92 Å². The van der Waals surface area contributed by atoms with Crippen LogP contribution >= 0.6 is 11.3 Å². The molecule has 0 N–H and O–H groups in total. The Kier molecular flexibility index (Phi) is 5.20. The van der Waals surface area contributed by atoms with Crippen molar-refractivity contribution in [1.82, 2.24) is 19.8 Å². The molecule has 5 rings (SSSR count). The number of likely N-dealkylation sites (tertiary alicyclic amines) is 2. The molecule has 0 aromatic carbocycles. The third-order valence-corrected chi connectivity index (χ3v) is 7.62. The molecule has 0 radical (unpaired) electrons. The van der Waals surface area contributed by atoms with E-state index in [0.29, 0.717) is 11.9 Å². The van der Waals surface area contributed by atoms with Crippen molar-refractivity contribution >= 4 is 33.3 Å². The molecule has 7 heteroatoms. The quantitative estimate of drug-likeness (QED) is 0.794. The van der Waals surface area contributed by atoms with E-state index in [-0.39, 0.29) is 5.92 Å². The van der Waals surface area contributed by atoms with Gasteiger partial charge in [0.15, 0.2) is 0 Å². The van der Waals surface area contributed by atoms with Crippen LogP contribution in [0, 0.1) is 5.92 Å². The first kappa shape index (κ1) is 18.3. The monoisotopic (exact) mass is 399 g/mol. The summed E-state index contributed by atoms with van der Waals surface area (Å²) in [6, 6.07) is 2.68. The van der Waals surface area contributed by atoms with Crippen molar-refractivity contribution in [3.8, 4) is 0 Å². The van der Waals surface area contributed by atoms with Crippen molar-refractivity contribution in [1.29, 1.82) is 0 Å². The van der Waals surface area contributed by atoms with Crippen LogP contribution in [0.3, 0.4) is 0 Å². The number of carbonyl (C=O) groups excluding carboxylic acids is 1. The van der Waals surface area contributed by atoms with Gasteiger partial charge in [0.25, 0.3) is 0 Å². The fourth-order valence-corrected chi connectivity index (χ4v) is 6.04. The molecule has 3 saturated heterocycles. The third kappa shape index (κ3) is 3.50. The predicted octanol–water partition coefficient (Wildman–Crippen LogP) is 2.99. The number of piperidine rings is 2. The Bertz CT molecular complexity index is 825. The minimum Gasteiger partial charge on any atom is -0.355 e. The summed E-state index contributed by atoms with van der Waals surface area (Å²) in [5.74, 6) is 1.73.